The van der Waals surface area contributed by atoms with Crippen LogP contribution in [0.2, 0.25) is 0 Å². The van der Waals surface area contributed by atoms with E-state index < -0.39 is 0 Å². The fourth-order valence-corrected chi connectivity index (χ4v) is 2.16. The highest BCUT2D eigenvalue weighted by atomic mass is 16.5. The molecule has 2 aromatic carbocycles. The van der Waals surface area contributed by atoms with E-state index in [1.165, 1.54) is 4.80 Å². The van der Waals surface area contributed by atoms with E-state index in [1.54, 1.807) is 18.4 Å². The summed E-state index contributed by atoms with van der Waals surface area (Å²) >= 11 is 0. The zero-order valence-electron chi connectivity index (χ0n) is 12.8. The van der Waals surface area contributed by atoms with Crippen LogP contribution in [0.5, 0.6) is 5.75 Å². The molecule has 1 heterocycles. The van der Waals surface area contributed by atoms with Gasteiger partial charge in [0.25, 0.3) is 0 Å². The number of hydrogen-bond donors (Lipinski definition) is 2. The summed E-state index contributed by atoms with van der Waals surface area (Å²) in [5.41, 5.74) is 2.92. The summed E-state index contributed by atoms with van der Waals surface area (Å²) in [6, 6.07) is 12.9. The number of nitrogens with zero attached hydrogens (tertiary/aromatic N) is 3. The molecule has 0 unspecified atom stereocenters. The Balaban J connectivity index is 1.76. The van der Waals surface area contributed by atoms with Crippen molar-refractivity contribution in [1.82, 2.24) is 15.0 Å². The summed E-state index contributed by atoms with van der Waals surface area (Å²) in [4.78, 5) is 1.44. The highest BCUT2D eigenvalue weighted by Crippen LogP contribution is 2.25. The first-order valence-corrected chi connectivity index (χ1v) is 7.44. The van der Waals surface area contributed by atoms with E-state index in [0.717, 1.165) is 16.7 Å². The van der Waals surface area contributed by atoms with Gasteiger partial charge >= 0.3 is 0 Å². The maximum Gasteiger partial charge on any atom is 0.145 e. The Morgan fingerprint density at radius 2 is 1.91 bits per heavy atom. The van der Waals surface area contributed by atoms with Gasteiger partial charge < -0.3 is 15.2 Å². The quantitative estimate of drug-likeness (QED) is 0.685. The molecule has 6 heteroatoms. The van der Waals surface area contributed by atoms with Gasteiger partial charge in [-0.1, -0.05) is 12.1 Å². The van der Waals surface area contributed by atoms with Gasteiger partial charge in [-0.2, -0.15) is 0 Å². The van der Waals surface area contributed by atoms with Crippen LogP contribution in [0.4, 0.5) is 5.69 Å². The van der Waals surface area contributed by atoms with Gasteiger partial charge in [-0.3, -0.25) is 0 Å². The second kappa shape index (κ2) is 6.83. The molecular weight excluding hydrogens is 292 g/mol. The van der Waals surface area contributed by atoms with Crippen molar-refractivity contribution in [3.05, 3.63) is 54.8 Å². The van der Waals surface area contributed by atoms with Crippen LogP contribution in [0.15, 0.2) is 54.8 Å². The summed E-state index contributed by atoms with van der Waals surface area (Å²) in [7, 11) is 0. The minimum atomic E-state index is 0.115. The Labute approximate surface area is 134 Å². The van der Waals surface area contributed by atoms with Crippen molar-refractivity contribution in [2.24, 2.45) is 0 Å². The maximum atomic E-state index is 10.2. The molecule has 0 spiro atoms. The van der Waals surface area contributed by atoms with E-state index in [9.17, 15) is 5.11 Å². The van der Waals surface area contributed by atoms with E-state index in [-0.39, 0.29) is 5.75 Å². The van der Waals surface area contributed by atoms with Gasteiger partial charge in [0.15, 0.2) is 0 Å². The predicted molar refractivity (Wildman–Crippen MR) is 89.8 cm³/mol. The lowest BCUT2D eigenvalue weighted by Gasteiger charge is -2.07. The standard InChI is InChI=1S/C17H18N4O2/c1-2-23-11-5-10-18-13-8-9-16(17(22)12-13)21-19-14-6-3-4-7-15(14)20-21/h3-9,11-12,18,22H,2,10H2,1H3. The molecule has 0 bridgehead atoms. The van der Waals surface area contributed by atoms with E-state index in [2.05, 4.69) is 15.5 Å². The lowest BCUT2D eigenvalue weighted by atomic mass is 10.2. The van der Waals surface area contributed by atoms with Crippen molar-refractivity contribution in [2.75, 3.05) is 18.5 Å². The Morgan fingerprint density at radius 1 is 1.17 bits per heavy atom. The third kappa shape index (κ3) is 3.42. The number of rotatable bonds is 6. The van der Waals surface area contributed by atoms with Gasteiger partial charge in [-0.25, -0.2) is 0 Å². The van der Waals surface area contributed by atoms with Crippen molar-refractivity contribution in [1.29, 1.82) is 0 Å². The number of benzene rings is 2. The molecule has 0 fully saturated rings. The number of ether oxygens (including phenoxy) is 1. The maximum absolute atomic E-state index is 10.2. The second-order valence-corrected chi connectivity index (χ2v) is 4.89. The highest BCUT2D eigenvalue weighted by Gasteiger charge is 2.09. The molecule has 0 aliphatic rings. The Kier molecular flexibility index (Phi) is 4.42. The van der Waals surface area contributed by atoms with Crippen molar-refractivity contribution >= 4 is 16.7 Å². The van der Waals surface area contributed by atoms with Crippen LogP contribution in [0, 0.1) is 0 Å². The molecule has 0 radical (unpaired) electrons. The number of phenols is 1. The Bertz CT molecular complexity index is 793. The number of nitrogens with one attached hydrogen (secondary N) is 1. The van der Waals surface area contributed by atoms with Crippen LogP contribution in [0.1, 0.15) is 6.92 Å². The molecule has 3 aromatic rings. The van der Waals surface area contributed by atoms with Crippen LogP contribution < -0.4 is 5.32 Å². The molecule has 0 saturated carbocycles. The zero-order valence-corrected chi connectivity index (χ0v) is 12.8. The normalized spacial score (nSPS) is 11.2. The molecule has 0 aliphatic heterocycles. The average Bonchev–Trinajstić information content (AvgIpc) is 2.98. The summed E-state index contributed by atoms with van der Waals surface area (Å²) in [5, 5.41) is 22.1. The molecule has 2 N–H and O–H groups in total. The molecular formula is C17H18N4O2. The van der Waals surface area contributed by atoms with Crippen LogP contribution in [0.25, 0.3) is 16.7 Å². The minimum Gasteiger partial charge on any atom is -0.506 e. The third-order valence-electron chi connectivity index (χ3n) is 3.26. The number of fused-ring (bicyclic) bond motifs is 1. The van der Waals surface area contributed by atoms with Gasteiger partial charge in [-0.15, -0.1) is 15.0 Å². The summed E-state index contributed by atoms with van der Waals surface area (Å²) in [6.45, 7) is 3.20. The van der Waals surface area contributed by atoms with Gasteiger partial charge in [0.2, 0.25) is 0 Å². The van der Waals surface area contributed by atoms with Gasteiger partial charge in [0.1, 0.15) is 22.5 Å². The summed E-state index contributed by atoms with van der Waals surface area (Å²) < 4.78 is 5.11. The van der Waals surface area contributed by atoms with E-state index in [4.69, 9.17) is 4.74 Å². The molecule has 1 aromatic heterocycles. The highest BCUT2D eigenvalue weighted by molar-refractivity contribution is 5.73. The van der Waals surface area contributed by atoms with Crippen LogP contribution in [-0.2, 0) is 4.74 Å². The number of anilines is 1. The van der Waals surface area contributed by atoms with Gasteiger partial charge in [-0.05, 0) is 37.3 Å². The molecule has 6 nitrogen and oxygen atoms in total. The number of aromatic nitrogens is 3. The topological polar surface area (TPSA) is 72.2 Å². The van der Waals surface area contributed by atoms with E-state index in [1.807, 2.05) is 43.3 Å². The fourth-order valence-electron chi connectivity index (χ4n) is 2.16. The van der Waals surface area contributed by atoms with Crippen LogP contribution in [0.3, 0.4) is 0 Å². The van der Waals surface area contributed by atoms with Crippen LogP contribution >= 0.6 is 0 Å². The second-order valence-electron chi connectivity index (χ2n) is 4.89. The monoisotopic (exact) mass is 310 g/mol. The summed E-state index contributed by atoms with van der Waals surface area (Å²) in [5.74, 6) is 0.115. The van der Waals surface area contributed by atoms with Crippen molar-refractivity contribution < 1.29 is 9.84 Å². The molecule has 23 heavy (non-hydrogen) atoms. The summed E-state index contributed by atoms with van der Waals surface area (Å²) in [6.07, 6.45) is 3.52. The minimum absolute atomic E-state index is 0.115. The first-order chi connectivity index (χ1) is 11.3. The molecule has 0 amide bonds. The smallest absolute Gasteiger partial charge is 0.145 e. The number of aromatic hydroxyl groups is 1. The lowest BCUT2D eigenvalue weighted by Crippen LogP contribution is -2.01. The van der Waals surface area contributed by atoms with Gasteiger partial charge in [0, 0.05) is 18.3 Å². The third-order valence-corrected chi connectivity index (χ3v) is 3.26. The molecule has 0 saturated heterocycles. The van der Waals surface area contributed by atoms with E-state index in [0.29, 0.717) is 18.8 Å². The van der Waals surface area contributed by atoms with Gasteiger partial charge in [0.05, 0.1) is 12.9 Å². The zero-order chi connectivity index (χ0) is 16.1. The SMILES string of the molecule is CCOC=CCNc1ccc(-n2nc3ccccc3n2)c(O)c1. The van der Waals surface area contributed by atoms with E-state index >= 15 is 0 Å². The Morgan fingerprint density at radius 3 is 2.57 bits per heavy atom. The number of phenolic OH excluding ortho intramolecular Hbond substituents is 1. The largest absolute Gasteiger partial charge is 0.506 e. The van der Waals surface area contributed by atoms with Crippen LogP contribution in [-0.4, -0.2) is 33.3 Å². The lowest BCUT2D eigenvalue weighted by molar-refractivity contribution is 0.268. The van der Waals surface area contributed by atoms with Crippen molar-refractivity contribution in [3.63, 3.8) is 0 Å². The molecule has 0 aliphatic carbocycles. The average molecular weight is 310 g/mol. The van der Waals surface area contributed by atoms with Crippen molar-refractivity contribution in [3.8, 4) is 11.4 Å². The van der Waals surface area contributed by atoms with Crippen molar-refractivity contribution in [2.45, 2.75) is 6.92 Å². The number of hydrogen-bond acceptors (Lipinski definition) is 5. The fraction of sp³-hybridized carbons (Fsp3) is 0.176. The Hall–Kier alpha value is -3.02. The first kappa shape index (κ1) is 14.9. The first-order valence-electron chi connectivity index (χ1n) is 7.44. The predicted octanol–water partition coefficient (Wildman–Crippen LogP) is 3.09. The molecule has 0 atom stereocenters. The molecule has 118 valence electrons. The molecule has 3 rings (SSSR count).